The number of carbonyl (C=O) groups is 2. The lowest BCUT2D eigenvalue weighted by atomic mass is 9.94. The Bertz CT molecular complexity index is 531. The van der Waals surface area contributed by atoms with Gasteiger partial charge in [-0.3, -0.25) is 14.4 Å². The lowest BCUT2D eigenvalue weighted by Gasteiger charge is -2.19. The van der Waals surface area contributed by atoms with Gasteiger partial charge in [0, 0.05) is 31.4 Å². The summed E-state index contributed by atoms with van der Waals surface area (Å²) in [6.45, 7) is 3.02. The first-order valence-electron chi connectivity index (χ1n) is 5.42. The number of nitrogens with one attached hydrogen (secondary N) is 1. The van der Waals surface area contributed by atoms with Crippen molar-refractivity contribution in [2.24, 2.45) is 12.5 Å². The summed E-state index contributed by atoms with van der Waals surface area (Å²) in [5.41, 5.74) is -1.12. The zero-order chi connectivity index (χ0) is 13.9. The average molecular weight is 252 g/mol. The minimum Gasteiger partial charge on any atom is -0.481 e. The van der Waals surface area contributed by atoms with Gasteiger partial charge in [0.05, 0.1) is 5.41 Å². The number of carboxylic acid groups (broad SMARTS) is 1. The van der Waals surface area contributed by atoms with Crippen molar-refractivity contribution < 1.29 is 14.7 Å². The molecule has 1 aromatic heterocycles. The third-order valence-electron chi connectivity index (χ3n) is 2.64. The highest BCUT2D eigenvalue weighted by Gasteiger charge is 2.27. The van der Waals surface area contributed by atoms with Crippen molar-refractivity contribution in [2.75, 3.05) is 6.54 Å². The van der Waals surface area contributed by atoms with Crippen LogP contribution in [0.4, 0.5) is 0 Å². The second-order valence-electron chi connectivity index (χ2n) is 4.74. The van der Waals surface area contributed by atoms with Crippen LogP contribution in [0.1, 0.15) is 24.2 Å². The number of carboxylic acids is 1. The Hall–Kier alpha value is -2.11. The van der Waals surface area contributed by atoms with Gasteiger partial charge in [-0.1, -0.05) is 0 Å². The molecule has 0 aliphatic heterocycles. The number of rotatable bonds is 4. The molecule has 1 rings (SSSR count). The number of nitrogens with zero attached hydrogens (tertiary/aromatic N) is 1. The molecule has 0 unspecified atom stereocenters. The number of hydrogen-bond acceptors (Lipinski definition) is 3. The summed E-state index contributed by atoms with van der Waals surface area (Å²) in [7, 11) is 1.58. The van der Waals surface area contributed by atoms with Gasteiger partial charge in [0.1, 0.15) is 0 Å². The molecule has 98 valence electrons. The zero-order valence-electron chi connectivity index (χ0n) is 10.6. The van der Waals surface area contributed by atoms with Gasteiger partial charge in [0.25, 0.3) is 11.5 Å². The van der Waals surface area contributed by atoms with E-state index in [0.717, 1.165) is 0 Å². The second-order valence-corrected chi connectivity index (χ2v) is 4.74. The molecule has 1 heterocycles. The van der Waals surface area contributed by atoms with E-state index in [1.807, 2.05) is 0 Å². The van der Waals surface area contributed by atoms with E-state index in [1.165, 1.54) is 36.7 Å². The molecule has 0 aromatic carbocycles. The Morgan fingerprint density at radius 1 is 1.44 bits per heavy atom. The van der Waals surface area contributed by atoms with Crippen molar-refractivity contribution in [3.05, 3.63) is 34.2 Å². The number of aliphatic carboxylic acids is 1. The topological polar surface area (TPSA) is 88.4 Å². The van der Waals surface area contributed by atoms with Gasteiger partial charge in [0.15, 0.2) is 0 Å². The highest BCUT2D eigenvalue weighted by atomic mass is 16.4. The molecule has 0 bridgehead atoms. The largest absolute Gasteiger partial charge is 0.481 e. The third-order valence-corrected chi connectivity index (χ3v) is 2.64. The van der Waals surface area contributed by atoms with Crippen molar-refractivity contribution in [1.29, 1.82) is 0 Å². The van der Waals surface area contributed by atoms with E-state index in [0.29, 0.717) is 0 Å². The molecule has 0 aliphatic carbocycles. The lowest BCUT2D eigenvalue weighted by Crippen LogP contribution is -2.39. The number of hydrogen-bond donors (Lipinski definition) is 2. The third kappa shape index (κ3) is 3.19. The highest BCUT2D eigenvalue weighted by Crippen LogP contribution is 2.13. The minimum absolute atomic E-state index is 0.00359. The molecule has 18 heavy (non-hydrogen) atoms. The average Bonchev–Trinajstić information content (AvgIpc) is 2.29. The van der Waals surface area contributed by atoms with E-state index >= 15 is 0 Å². The van der Waals surface area contributed by atoms with E-state index in [1.54, 1.807) is 7.05 Å². The Labute approximate surface area is 104 Å². The SMILES string of the molecule is Cn1ccc(C(=O)NCC(C)(C)C(=O)O)cc1=O. The molecule has 1 aromatic rings. The number of amides is 1. The Morgan fingerprint density at radius 3 is 2.56 bits per heavy atom. The predicted molar refractivity (Wildman–Crippen MR) is 65.4 cm³/mol. The number of aromatic nitrogens is 1. The Kier molecular flexibility index (Phi) is 3.90. The molecule has 0 atom stereocenters. The Morgan fingerprint density at radius 2 is 2.06 bits per heavy atom. The van der Waals surface area contributed by atoms with E-state index in [2.05, 4.69) is 5.32 Å². The van der Waals surface area contributed by atoms with Crippen LogP contribution in [0.5, 0.6) is 0 Å². The molecule has 2 N–H and O–H groups in total. The molecule has 1 amide bonds. The van der Waals surface area contributed by atoms with Gasteiger partial charge < -0.3 is 15.0 Å². The van der Waals surface area contributed by atoms with Crippen LogP contribution in [0.2, 0.25) is 0 Å². The van der Waals surface area contributed by atoms with Crippen LogP contribution in [-0.4, -0.2) is 28.1 Å². The molecule has 0 saturated heterocycles. The van der Waals surface area contributed by atoms with Crippen molar-refractivity contribution >= 4 is 11.9 Å². The summed E-state index contributed by atoms with van der Waals surface area (Å²) in [4.78, 5) is 33.9. The second kappa shape index (κ2) is 5.03. The maximum atomic E-state index is 11.7. The maximum absolute atomic E-state index is 11.7. The van der Waals surface area contributed by atoms with Crippen LogP contribution in [0.15, 0.2) is 23.1 Å². The van der Waals surface area contributed by atoms with Gasteiger partial charge in [-0.2, -0.15) is 0 Å². The fraction of sp³-hybridized carbons (Fsp3) is 0.417. The quantitative estimate of drug-likeness (QED) is 0.802. The standard InChI is InChI=1S/C12H16N2O4/c1-12(2,11(17)18)7-13-10(16)8-4-5-14(3)9(15)6-8/h4-6H,7H2,1-3H3,(H,13,16)(H,17,18). The van der Waals surface area contributed by atoms with Gasteiger partial charge in [-0.15, -0.1) is 0 Å². The molecule has 0 aliphatic rings. The van der Waals surface area contributed by atoms with E-state index in [-0.39, 0.29) is 17.7 Å². The van der Waals surface area contributed by atoms with Gasteiger partial charge in [-0.05, 0) is 19.9 Å². The minimum atomic E-state index is -1.05. The van der Waals surface area contributed by atoms with Gasteiger partial charge in [0.2, 0.25) is 0 Å². The summed E-state index contributed by atoms with van der Waals surface area (Å²) < 4.78 is 1.35. The molecular formula is C12H16N2O4. The predicted octanol–water partition coefficient (Wildman–Crippen LogP) is 0.226. The first kappa shape index (κ1) is 14.0. The molecule has 0 spiro atoms. The summed E-state index contributed by atoms with van der Waals surface area (Å²) >= 11 is 0. The molecule has 0 radical (unpaired) electrons. The van der Waals surface area contributed by atoms with Crippen LogP contribution in [0.25, 0.3) is 0 Å². The van der Waals surface area contributed by atoms with Crippen LogP contribution in [0, 0.1) is 5.41 Å². The Balaban J connectivity index is 2.75. The lowest BCUT2D eigenvalue weighted by molar-refractivity contribution is -0.146. The van der Waals surface area contributed by atoms with Gasteiger partial charge in [-0.25, -0.2) is 0 Å². The van der Waals surface area contributed by atoms with Crippen molar-refractivity contribution in [2.45, 2.75) is 13.8 Å². The summed E-state index contributed by atoms with van der Waals surface area (Å²) in [6, 6.07) is 2.72. The summed E-state index contributed by atoms with van der Waals surface area (Å²) in [5.74, 6) is -1.45. The van der Waals surface area contributed by atoms with Crippen LogP contribution < -0.4 is 10.9 Å². The van der Waals surface area contributed by atoms with Crippen LogP contribution in [-0.2, 0) is 11.8 Å². The first-order valence-corrected chi connectivity index (χ1v) is 5.42. The molecule has 0 fully saturated rings. The summed E-state index contributed by atoms with van der Waals surface area (Å²) in [5, 5.41) is 11.4. The normalized spacial score (nSPS) is 11.1. The highest BCUT2D eigenvalue weighted by molar-refractivity contribution is 5.94. The summed E-state index contributed by atoms with van der Waals surface area (Å²) in [6.07, 6.45) is 1.49. The molecule has 6 heteroatoms. The van der Waals surface area contributed by atoms with E-state index in [9.17, 15) is 14.4 Å². The number of aryl methyl sites for hydroxylation is 1. The van der Waals surface area contributed by atoms with Crippen LogP contribution >= 0.6 is 0 Å². The number of carbonyl (C=O) groups excluding carboxylic acids is 1. The molecule has 6 nitrogen and oxygen atoms in total. The van der Waals surface area contributed by atoms with Crippen molar-refractivity contribution in [3.63, 3.8) is 0 Å². The monoisotopic (exact) mass is 252 g/mol. The van der Waals surface area contributed by atoms with Gasteiger partial charge >= 0.3 is 5.97 Å². The van der Waals surface area contributed by atoms with E-state index < -0.39 is 17.3 Å². The van der Waals surface area contributed by atoms with Crippen molar-refractivity contribution in [3.8, 4) is 0 Å². The fourth-order valence-corrected chi connectivity index (χ4v) is 1.17. The zero-order valence-corrected chi connectivity index (χ0v) is 10.6. The smallest absolute Gasteiger partial charge is 0.310 e. The molecular weight excluding hydrogens is 236 g/mol. The van der Waals surface area contributed by atoms with Crippen molar-refractivity contribution in [1.82, 2.24) is 9.88 Å². The number of pyridine rings is 1. The first-order chi connectivity index (χ1) is 8.24. The maximum Gasteiger partial charge on any atom is 0.310 e. The van der Waals surface area contributed by atoms with E-state index in [4.69, 9.17) is 5.11 Å². The van der Waals surface area contributed by atoms with Crippen LogP contribution in [0.3, 0.4) is 0 Å². The fourth-order valence-electron chi connectivity index (χ4n) is 1.17. The molecule has 0 saturated carbocycles.